The van der Waals surface area contributed by atoms with Crippen LogP contribution in [-0.4, -0.2) is 42.1 Å². The van der Waals surface area contributed by atoms with Crippen molar-refractivity contribution in [3.05, 3.63) is 58.6 Å². The molecule has 30 heavy (non-hydrogen) atoms. The minimum absolute atomic E-state index is 0.0823. The summed E-state index contributed by atoms with van der Waals surface area (Å²) >= 11 is 6.22. The zero-order valence-corrected chi connectivity index (χ0v) is 18.1. The van der Waals surface area contributed by atoms with Crippen LogP contribution in [0.3, 0.4) is 0 Å². The Balaban J connectivity index is 1.50. The maximum Gasteiger partial charge on any atom is 0.321 e. The van der Waals surface area contributed by atoms with Gasteiger partial charge in [-0.15, -0.1) is 0 Å². The van der Waals surface area contributed by atoms with Crippen LogP contribution in [0.15, 0.2) is 42.5 Å². The van der Waals surface area contributed by atoms with E-state index in [0.29, 0.717) is 36.5 Å². The molecule has 2 N–H and O–H groups in total. The predicted molar refractivity (Wildman–Crippen MR) is 120 cm³/mol. The topological polar surface area (TPSA) is 64.7 Å². The van der Waals surface area contributed by atoms with Crippen LogP contribution in [0.25, 0.3) is 0 Å². The highest BCUT2D eigenvalue weighted by Gasteiger charge is 2.45. The number of carbonyl (C=O) groups excluding carboxylic acids is 2. The summed E-state index contributed by atoms with van der Waals surface area (Å²) in [5, 5.41) is 6.88. The second-order valence-corrected chi connectivity index (χ2v) is 8.26. The number of halogens is 1. The first-order chi connectivity index (χ1) is 14.5. The highest BCUT2D eigenvalue weighted by molar-refractivity contribution is 6.31. The Morgan fingerprint density at radius 2 is 1.90 bits per heavy atom. The third-order valence-corrected chi connectivity index (χ3v) is 6.43. The van der Waals surface area contributed by atoms with E-state index in [2.05, 4.69) is 29.4 Å². The third kappa shape index (κ3) is 3.60. The van der Waals surface area contributed by atoms with E-state index in [1.54, 1.807) is 12.1 Å². The van der Waals surface area contributed by atoms with E-state index < -0.39 is 5.66 Å². The Bertz CT molecular complexity index is 969. The van der Waals surface area contributed by atoms with E-state index in [9.17, 15) is 9.59 Å². The second-order valence-electron chi connectivity index (χ2n) is 7.82. The highest BCUT2D eigenvalue weighted by Crippen LogP contribution is 2.38. The lowest BCUT2D eigenvalue weighted by molar-refractivity contribution is 0.0808. The first-order valence-electron chi connectivity index (χ1n) is 10.5. The summed E-state index contributed by atoms with van der Waals surface area (Å²) in [6.07, 6.45) is 2.17. The van der Waals surface area contributed by atoms with Crippen molar-refractivity contribution in [3.8, 4) is 0 Å². The molecule has 0 aliphatic carbocycles. The van der Waals surface area contributed by atoms with Crippen LogP contribution in [-0.2, 0) is 6.42 Å². The Hall–Kier alpha value is -2.73. The molecule has 7 heteroatoms. The van der Waals surface area contributed by atoms with E-state index in [-0.39, 0.29) is 11.9 Å². The molecule has 0 bridgehead atoms. The van der Waals surface area contributed by atoms with Gasteiger partial charge in [0, 0.05) is 43.2 Å². The fourth-order valence-electron chi connectivity index (χ4n) is 4.59. The molecule has 0 atom stereocenters. The van der Waals surface area contributed by atoms with Crippen molar-refractivity contribution in [3.63, 3.8) is 0 Å². The number of amides is 3. The van der Waals surface area contributed by atoms with Crippen LogP contribution in [0.1, 0.15) is 42.6 Å². The molecule has 2 heterocycles. The van der Waals surface area contributed by atoms with Gasteiger partial charge in [0.2, 0.25) is 0 Å². The number of hydrogen-bond donors (Lipinski definition) is 2. The summed E-state index contributed by atoms with van der Waals surface area (Å²) < 4.78 is 0. The summed E-state index contributed by atoms with van der Waals surface area (Å²) in [4.78, 5) is 29.7. The third-order valence-electron chi connectivity index (χ3n) is 6.19. The standard InChI is InChI=1S/C23H27ClN4O2/c1-3-16-7-5-6-8-19(16)25-22(30)27-13-11-23(12-14-27)26-21(29)18-10-9-17(24)15-20(18)28(23)4-2/h5-10,15H,3-4,11-14H2,1-2H3,(H,25,30)(H,26,29). The van der Waals surface area contributed by atoms with Gasteiger partial charge in [0.05, 0.1) is 11.3 Å². The van der Waals surface area contributed by atoms with Gasteiger partial charge in [0.1, 0.15) is 5.66 Å². The molecule has 0 unspecified atom stereocenters. The smallest absolute Gasteiger partial charge is 0.321 e. The van der Waals surface area contributed by atoms with Gasteiger partial charge in [-0.25, -0.2) is 4.79 Å². The van der Waals surface area contributed by atoms with E-state index in [0.717, 1.165) is 29.9 Å². The molecule has 2 aliphatic rings. The normalized spacial score (nSPS) is 17.5. The number of benzene rings is 2. The number of piperidine rings is 1. The Morgan fingerprint density at radius 1 is 1.17 bits per heavy atom. The number of nitrogens with zero attached hydrogens (tertiary/aromatic N) is 2. The minimum Gasteiger partial charge on any atom is -0.348 e. The van der Waals surface area contributed by atoms with Crippen molar-refractivity contribution in [1.82, 2.24) is 10.2 Å². The van der Waals surface area contributed by atoms with Crippen molar-refractivity contribution in [2.45, 2.75) is 38.8 Å². The Labute approximate surface area is 182 Å². The fourth-order valence-corrected chi connectivity index (χ4v) is 4.76. The average Bonchev–Trinajstić information content (AvgIpc) is 2.74. The van der Waals surface area contributed by atoms with Crippen LogP contribution < -0.4 is 15.5 Å². The summed E-state index contributed by atoms with van der Waals surface area (Å²) in [6.45, 7) is 6.01. The average molecular weight is 427 g/mol. The molecule has 1 spiro atoms. The van der Waals surface area contributed by atoms with Gasteiger partial charge in [-0.1, -0.05) is 36.7 Å². The van der Waals surface area contributed by atoms with E-state index in [1.165, 1.54) is 0 Å². The number of urea groups is 1. The van der Waals surface area contributed by atoms with Crippen LogP contribution in [0, 0.1) is 0 Å². The number of nitrogens with one attached hydrogen (secondary N) is 2. The van der Waals surface area contributed by atoms with Crippen molar-refractivity contribution < 1.29 is 9.59 Å². The van der Waals surface area contributed by atoms with Gasteiger partial charge in [-0.3, -0.25) is 4.79 Å². The van der Waals surface area contributed by atoms with E-state index >= 15 is 0 Å². The largest absolute Gasteiger partial charge is 0.348 e. The van der Waals surface area contributed by atoms with Crippen LogP contribution in [0.4, 0.5) is 16.2 Å². The first kappa shape index (κ1) is 20.5. The van der Waals surface area contributed by atoms with Gasteiger partial charge in [-0.05, 0) is 43.2 Å². The molecule has 158 valence electrons. The predicted octanol–water partition coefficient (Wildman–Crippen LogP) is 4.50. The molecule has 4 rings (SSSR count). The molecule has 2 aromatic rings. The quantitative estimate of drug-likeness (QED) is 0.759. The van der Waals surface area contributed by atoms with Gasteiger partial charge >= 0.3 is 6.03 Å². The van der Waals surface area contributed by atoms with Crippen LogP contribution in [0.2, 0.25) is 5.02 Å². The van der Waals surface area contributed by atoms with Gasteiger partial charge in [0.25, 0.3) is 5.91 Å². The van der Waals surface area contributed by atoms with Gasteiger partial charge in [-0.2, -0.15) is 0 Å². The number of para-hydroxylation sites is 1. The monoisotopic (exact) mass is 426 g/mol. The number of likely N-dealkylation sites (tertiary alicyclic amines) is 1. The van der Waals surface area contributed by atoms with Crippen molar-refractivity contribution in [1.29, 1.82) is 0 Å². The summed E-state index contributed by atoms with van der Waals surface area (Å²) in [5.41, 5.74) is 2.98. The molecule has 0 aromatic heterocycles. The molecule has 3 amide bonds. The molecule has 0 saturated carbocycles. The molecule has 0 radical (unpaired) electrons. The highest BCUT2D eigenvalue weighted by atomic mass is 35.5. The summed E-state index contributed by atoms with van der Waals surface area (Å²) in [6, 6.07) is 13.2. The molecule has 1 saturated heterocycles. The minimum atomic E-state index is -0.498. The molecule has 2 aromatic carbocycles. The molecular formula is C23H27ClN4O2. The zero-order chi connectivity index (χ0) is 21.3. The number of carbonyl (C=O) groups is 2. The second kappa shape index (κ2) is 8.19. The lowest BCUT2D eigenvalue weighted by Gasteiger charge is -2.52. The van der Waals surface area contributed by atoms with Gasteiger partial charge in [0.15, 0.2) is 0 Å². The van der Waals surface area contributed by atoms with Crippen molar-refractivity contribution >= 4 is 34.9 Å². The number of hydrogen-bond acceptors (Lipinski definition) is 3. The number of anilines is 2. The van der Waals surface area contributed by atoms with E-state index in [4.69, 9.17) is 11.6 Å². The van der Waals surface area contributed by atoms with Crippen LogP contribution in [0.5, 0.6) is 0 Å². The lowest BCUT2D eigenvalue weighted by atomic mass is 9.90. The zero-order valence-electron chi connectivity index (χ0n) is 17.4. The first-order valence-corrected chi connectivity index (χ1v) is 10.9. The fraction of sp³-hybridized carbons (Fsp3) is 0.391. The van der Waals surface area contributed by atoms with Crippen molar-refractivity contribution in [2.24, 2.45) is 0 Å². The SMILES string of the molecule is CCc1ccccc1NC(=O)N1CCC2(CC1)NC(=O)c1ccc(Cl)cc1N2CC. The Kier molecular flexibility index (Phi) is 5.60. The summed E-state index contributed by atoms with van der Waals surface area (Å²) in [5.74, 6) is -0.0823. The molecule has 1 fully saturated rings. The number of rotatable bonds is 3. The van der Waals surface area contributed by atoms with Gasteiger partial charge < -0.3 is 20.4 Å². The molecule has 2 aliphatic heterocycles. The summed E-state index contributed by atoms with van der Waals surface area (Å²) in [7, 11) is 0. The number of aryl methyl sites for hydroxylation is 1. The van der Waals surface area contributed by atoms with Crippen LogP contribution >= 0.6 is 11.6 Å². The molecular weight excluding hydrogens is 400 g/mol. The number of fused-ring (bicyclic) bond motifs is 1. The maximum absolute atomic E-state index is 12.9. The van der Waals surface area contributed by atoms with Crippen molar-refractivity contribution in [2.75, 3.05) is 29.9 Å². The lowest BCUT2D eigenvalue weighted by Crippen LogP contribution is -2.68. The van der Waals surface area contributed by atoms with E-state index in [1.807, 2.05) is 35.2 Å². The molecule has 6 nitrogen and oxygen atoms in total. The maximum atomic E-state index is 12.9. The Morgan fingerprint density at radius 3 is 2.60 bits per heavy atom.